The fraction of sp³-hybridized carbons (Fsp3) is 0. The van der Waals surface area contributed by atoms with Gasteiger partial charge in [0, 0.05) is 44.8 Å². The van der Waals surface area contributed by atoms with E-state index in [0.29, 0.717) is 9.79 Å². The maximum atomic E-state index is 13.5. The van der Waals surface area contributed by atoms with Crippen LogP contribution < -0.4 is 4.40 Å². The van der Waals surface area contributed by atoms with Crippen molar-refractivity contribution in [1.82, 2.24) is 9.55 Å². The molecule has 11 rings (SSSR count). The quantitative estimate of drug-likeness (QED) is 0.180. The molecule has 1 aliphatic rings. The summed E-state index contributed by atoms with van der Waals surface area (Å²) in [5.74, 6) is 0. The second kappa shape index (κ2) is 12.0. The zero-order valence-electron chi connectivity index (χ0n) is 29.5. The van der Waals surface area contributed by atoms with Gasteiger partial charge >= 0.3 is 0 Å². The number of hydrogen-bond donors (Lipinski definition) is 1. The number of para-hydroxylation sites is 1. The second-order valence-corrected chi connectivity index (χ2v) is 16.0. The van der Waals surface area contributed by atoms with Crippen molar-refractivity contribution in [1.29, 1.82) is 0 Å². The van der Waals surface area contributed by atoms with Crippen LogP contribution >= 0.6 is 0 Å². The molecule has 0 atom stereocenters. The van der Waals surface area contributed by atoms with Crippen molar-refractivity contribution in [3.63, 3.8) is 0 Å². The number of nitrogens with one attached hydrogen (secondary N) is 1. The van der Waals surface area contributed by atoms with Crippen molar-refractivity contribution < 1.29 is 12.8 Å². The van der Waals surface area contributed by atoms with E-state index in [2.05, 4.69) is 141 Å². The van der Waals surface area contributed by atoms with Gasteiger partial charge in [0.15, 0.2) is 11.4 Å². The van der Waals surface area contributed by atoms with Crippen LogP contribution in [0.5, 0.6) is 0 Å². The summed E-state index contributed by atoms with van der Waals surface area (Å²) in [5.41, 5.74) is 14.3. The summed E-state index contributed by atoms with van der Waals surface area (Å²) in [6.07, 6.45) is 2.11. The molecule has 0 unspecified atom stereocenters. The summed E-state index contributed by atoms with van der Waals surface area (Å²) >= 11 is 0. The number of imidazole rings is 1. The molecule has 0 bridgehead atoms. The van der Waals surface area contributed by atoms with Gasteiger partial charge < -0.3 is 4.57 Å². The van der Waals surface area contributed by atoms with Crippen molar-refractivity contribution in [3.8, 4) is 61.6 Å². The third kappa shape index (κ3) is 4.85. The molecule has 0 fully saturated rings. The molecule has 5 nitrogen and oxygen atoms in total. The zero-order chi connectivity index (χ0) is 36.7. The van der Waals surface area contributed by atoms with Crippen LogP contribution in [0.2, 0.25) is 0 Å². The number of fused-ring (bicyclic) bond motifs is 7. The maximum Gasteiger partial charge on any atom is 0.284 e. The second-order valence-electron chi connectivity index (χ2n) is 14.1. The van der Waals surface area contributed by atoms with E-state index >= 15 is 0 Å². The molecule has 1 aliphatic heterocycles. The Balaban J connectivity index is 1.02. The average molecular weight is 727 g/mol. The van der Waals surface area contributed by atoms with Gasteiger partial charge in [-0.1, -0.05) is 121 Å². The Morgan fingerprint density at radius 3 is 2.02 bits per heavy atom. The molecular weight excluding hydrogens is 695 g/mol. The molecule has 260 valence electrons. The van der Waals surface area contributed by atoms with Gasteiger partial charge in [-0.2, -0.15) is 4.40 Å². The van der Waals surface area contributed by atoms with Crippen molar-refractivity contribution in [2.75, 3.05) is 0 Å². The van der Waals surface area contributed by atoms with Crippen LogP contribution in [0.1, 0.15) is 0 Å². The highest BCUT2D eigenvalue weighted by Gasteiger charge is 2.33. The minimum Gasteiger partial charge on any atom is -0.309 e. The highest BCUT2D eigenvalue weighted by Crippen LogP contribution is 2.45. The lowest BCUT2D eigenvalue weighted by molar-refractivity contribution is -0.497. The standard InChI is InChI=1S/C49H31N3O2S/c53-55(54)45-21-7-5-19-40(45)41-25-23-36(31-46(41)55)34-15-11-17-38(29-34)52-43-20-6-4-18-39(43)42-30-35(24-26-44(42)52)33-14-10-16-37(28-33)49-48(32-12-2-1-3-13-32)50-47-22-8-9-27-51(47)49/h1-31H/p+1. The van der Waals surface area contributed by atoms with Gasteiger partial charge in [0.05, 0.1) is 27.0 Å². The molecule has 10 aromatic rings. The van der Waals surface area contributed by atoms with Crippen molar-refractivity contribution in [2.24, 2.45) is 0 Å². The first-order chi connectivity index (χ1) is 27.0. The Morgan fingerprint density at radius 2 is 1.11 bits per heavy atom. The largest absolute Gasteiger partial charge is 0.309 e. The number of H-pyrrole nitrogens is 1. The van der Waals surface area contributed by atoms with E-state index in [1.165, 1.54) is 5.39 Å². The molecule has 0 aliphatic carbocycles. The van der Waals surface area contributed by atoms with Crippen LogP contribution in [-0.2, 0) is 9.84 Å². The van der Waals surface area contributed by atoms with Gasteiger partial charge in [0.2, 0.25) is 9.84 Å². The number of pyridine rings is 1. The maximum absolute atomic E-state index is 13.5. The summed E-state index contributed by atoms with van der Waals surface area (Å²) in [7, 11) is -3.58. The average Bonchev–Trinajstić information content (AvgIpc) is 3.87. The summed E-state index contributed by atoms with van der Waals surface area (Å²) in [4.78, 5) is 4.41. The smallest absolute Gasteiger partial charge is 0.284 e. The number of aromatic nitrogens is 3. The number of sulfone groups is 1. The van der Waals surface area contributed by atoms with Gasteiger partial charge in [-0.15, -0.1) is 0 Å². The van der Waals surface area contributed by atoms with Crippen molar-refractivity contribution in [2.45, 2.75) is 9.79 Å². The predicted octanol–water partition coefficient (Wildman–Crippen LogP) is 11.3. The Morgan fingerprint density at radius 1 is 0.455 bits per heavy atom. The summed E-state index contributed by atoms with van der Waals surface area (Å²) < 4.78 is 31.6. The molecule has 6 heteroatoms. The summed E-state index contributed by atoms with van der Waals surface area (Å²) in [6, 6.07) is 62.2. The fourth-order valence-electron chi connectivity index (χ4n) is 8.43. The Bertz CT molecular complexity index is 3290. The van der Waals surface area contributed by atoms with E-state index in [9.17, 15) is 8.42 Å². The summed E-state index contributed by atoms with van der Waals surface area (Å²) in [6.45, 7) is 0. The lowest BCUT2D eigenvalue weighted by Crippen LogP contribution is -2.20. The third-order valence-corrected chi connectivity index (χ3v) is 12.8. The highest BCUT2D eigenvalue weighted by molar-refractivity contribution is 7.92. The van der Waals surface area contributed by atoms with Crippen LogP contribution in [0.3, 0.4) is 0 Å². The minimum absolute atomic E-state index is 0.365. The van der Waals surface area contributed by atoms with Gasteiger partial charge in [-0.05, 0) is 76.9 Å². The van der Waals surface area contributed by atoms with E-state index in [-0.39, 0.29) is 0 Å². The van der Waals surface area contributed by atoms with Crippen LogP contribution in [0.4, 0.5) is 0 Å². The number of rotatable bonds is 5. The van der Waals surface area contributed by atoms with Crippen LogP contribution in [0.15, 0.2) is 198 Å². The topological polar surface area (TPSA) is 59.0 Å². The highest BCUT2D eigenvalue weighted by atomic mass is 32.2. The lowest BCUT2D eigenvalue weighted by atomic mass is 9.98. The third-order valence-electron chi connectivity index (χ3n) is 11.0. The van der Waals surface area contributed by atoms with E-state index in [1.54, 1.807) is 12.1 Å². The molecule has 0 radical (unpaired) electrons. The molecule has 3 aromatic heterocycles. The van der Waals surface area contributed by atoms with E-state index < -0.39 is 9.84 Å². The molecule has 7 aromatic carbocycles. The first-order valence-corrected chi connectivity index (χ1v) is 19.8. The minimum atomic E-state index is -3.58. The van der Waals surface area contributed by atoms with Gasteiger partial charge in [0.25, 0.3) is 5.65 Å². The van der Waals surface area contributed by atoms with Gasteiger partial charge in [-0.3, -0.25) is 0 Å². The van der Waals surface area contributed by atoms with Crippen LogP contribution in [0.25, 0.3) is 89.0 Å². The molecule has 0 saturated carbocycles. The number of hydrogen-bond acceptors (Lipinski definition) is 2. The molecule has 0 amide bonds. The lowest BCUT2D eigenvalue weighted by Gasteiger charge is -2.11. The monoisotopic (exact) mass is 726 g/mol. The molecule has 55 heavy (non-hydrogen) atoms. The number of aromatic amines is 1. The molecule has 0 saturated heterocycles. The van der Waals surface area contributed by atoms with Crippen LogP contribution in [-0.4, -0.2) is 18.0 Å². The first kappa shape index (κ1) is 31.5. The van der Waals surface area contributed by atoms with E-state index in [0.717, 1.165) is 83.6 Å². The normalized spacial score (nSPS) is 13.0. The SMILES string of the molecule is O=S1(=O)c2ccccc2-c2ccc(-c3cccc(-n4c5ccccc5c5cc(-c6cccc(-c7c(-c8ccccc8)[nH]c8cccc[n+]78)c6)ccc54)c3)cc21. The predicted molar refractivity (Wildman–Crippen MR) is 221 cm³/mol. The summed E-state index contributed by atoms with van der Waals surface area (Å²) in [5, 5.41) is 2.33. The molecule has 1 N–H and O–H groups in total. The van der Waals surface area contributed by atoms with Crippen molar-refractivity contribution in [3.05, 3.63) is 188 Å². The van der Waals surface area contributed by atoms with Gasteiger partial charge in [-0.25, -0.2) is 13.4 Å². The van der Waals surface area contributed by atoms with Crippen LogP contribution in [0, 0.1) is 0 Å². The zero-order valence-corrected chi connectivity index (χ0v) is 30.3. The van der Waals surface area contributed by atoms with E-state index in [1.807, 2.05) is 48.5 Å². The Labute approximate surface area is 318 Å². The first-order valence-electron chi connectivity index (χ1n) is 18.3. The fourth-order valence-corrected chi connectivity index (χ4v) is 10.1. The molecular formula is C49H32N3O2S+. The number of nitrogens with zero attached hydrogens (tertiary/aromatic N) is 2. The van der Waals surface area contributed by atoms with Crippen molar-refractivity contribution >= 4 is 37.3 Å². The molecule has 0 spiro atoms. The Hall–Kier alpha value is -7.02. The van der Waals surface area contributed by atoms with Gasteiger partial charge in [0.1, 0.15) is 0 Å². The van der Waals surface area contributed by atoms with E-state index in [4.69, 9.17) is 0 Å². The molecule has 4 heterocycles. The Kier molecular flexibility index (Phi) is 6.87. The number of benzene rings is 7.